The van der Waals surface area contributed by atoms with E-state index in [1.165, 1.54) is 0 Å². The summed E-state index contributed by atoms with van der Waals surface area (Å²) < 4.78 is 12.0. The molecule has 3 aromatic rings. The number of nitrogens with one attached hydrogen (secondary N) is 1. The molecule has 2 aromatic heterocycles. The van der Waals surface area contributed by atoms with Crippen LogP contribution in [0.4, 0.5) is 5.69 Å². The van der Waals surface area contributed by atoms with Crippen molar-refractivity contribution in [3.63, 3.8) is 0 Å². The topological polar surface area (TPSA) is 90.6 Å². The molecule has 8 heteroatoms. The Hall–Kier alpha value is -3.16. The van der Waals surface area contributed by atoms with E-state index in [1.807, 2.05) is 19.9 Å². The summed E-state index contributed by atoms with van der Waals surface area (Å²) in [7, 11) is 3.11. The molecule has 130 valence electrons. The molecular weight excluding hydrogens is 322 g/mol. The number of aromatic nitrogens is 4. The number of carbonyl (C=O) groups excluding carboxylic acids is 1. The molecule has 0 fully saturated rings. The fourth-order valence-corrected chi connectivity index (χ4v) is 2.51. The van der Waals surface area contributed by atoms with E-state index in [4.69, 9.17) is 9.47 Å². The van der Waals surface area contributed by atoms with Gasteiger partial charge >= 0.3 is 0 Å². The summed E-state index contributed by atoms with van der Waals surface area (Å²) >= 11 is 0. The van der Waals surface area contributed by atoms with Gasteiger partial charge in [-0.25, -0.2) is 9.50 Å². The van der Waals surface area contributed by atoms with Crippen molar-refractivity contribution in [2.24, 2.45) is 0 Å². The molecule has 1 amide bonds. The quantitative estimate of drug-likeness (QED) is 0.763. The highest BCUT2D eigenvalue weighted by molar-refractivity contribution is 5.92. The Bertz CT molecular complexity index is 913. The standard InChI is InChI=1S/C17H19N5O3/c1-10-5-11(2)22-17(18-10)20-15(21-22)9-16(23)19-12-6-13(24-3)8-14(7-12)25-4/h5-8H,9H2,1-4H3,(H,19,23). The van der Waals surface area contributed by atoms with E-state index in [2.05, 4.69) is 20.4 Å². The molecule has 1 aromatic carbocycles. The third kappa shape index (κ3) is 3.68. The molecule has 0 atom stereocenters. The largest absolute Gasteiger partial charge is 0.497 e. The van der Waals surface area contributed by atoms with Gasteiger partial charge in [0.15, 0.2) is 5.82 Å². The number of rotatable bonds is 5. The number of hydrogen-bond acceptors (Lipinski definition) is 6. The zero-order valence-electron chi connectivity index (χ0n) is 14.5. The third-order valence-electron chi connectivity index (χ3n) is 3.62. The summed E-state index contributed by atoms with van der Waals surface area (Å²) in [6.07, 6.45) is 0.0430. The van der Waals surface area contributed by atoms with Crippen molar-refractivity contribution >= 4 is 17.4 Å². The first-order valence-electron chi connectivity index (χ1n) is 7.71. The van der Waals surface area contributed by atoms with Gasteiger partial charge in [0.2, 0.25) is 5.91 Å². The number of carbonyl (C=O) groups is 1. The Morgan fingerprint density at radius 2 is 1.76 bits per heavy atom. The van der Waals surface area contributed by atoms with Crippen LogP contribution in [0.2, 0.25) is 0 Å². The molecule has 0 radical (unpaired) electrons. The van der Waals surface area contributed by atoms with E-state index in [0.29, 0.717) is 28.8 Å². The van der Waals surface area contributed by atoms with Crippen LogP contribution in [0.15, 0.2) is 24.3 Å². The fourth-order valence-electron chi connectivity index (χ4n) is 2.51. The van der Waals surface area contributed by atoms with E-state index >= 15 is 0 Å². The van der Waals surface area contributed by atoms with Gasteiger partial charge in [0.1, 0.15) is 11.5 Å². The minimum atomic E-state index is -0.236. The van der Waals surface area contributed by atoms with Crippen molar-refractivity contribution < 1.29 is 14.3 Å². The van der Waals surface area contributed by atoms with Gasteiger partial charge in [0.25, 0.3) is 5.78 Å². The first-order chi connectivity index (χ1) is 12.0. The van der Waals surface area contributed by atoms with Crippen molar-refractivity contribution in [3.05, 3.63) is 41.5 Å². The molecule has 0 spiro atoms. The minimum absolute atomic E-state index is 0.0430. The molecule has 25 heavy (non-hydrogen) atoms. The summed E-state index contributed by atoms with van der Waals surface area (Å²) in [5.41, 5.74) is 2.35. The molecule has 0 aliphatic rings. The van der Waals surface area contributed by atoms with Crippen molar-refractivity contribution in [2.75, 3.05) is 19.5 Å². The second kappa shape index (κ2) is 6.76. The fraction of sp³-hybridized carbons (Fsp3) is 0.294. The Morgan fingerprint density at radius 1 is 1.08 bits per heavy atom. The van der Waals surface area contributed by atoms with Crippen LogP contribution in [0.1, 0.15) is 17.2 Å². The molecule has 0 aliphatic carbocycles. The zero-order valence-corrected chi connectivity index (χ0v) is 14.5. The van der Waals surface area contributed by atoms with Gasteiger partial charge in [-0.05, 0) is 19.9 Å². The van der Waals surface area contributed by atoms with Gasteiger partial charge in [0.05, 0.1) is 20.6 Å². The van der Waals surface area contributed by atoms with Crippen molar-refractivity contribution in [1.82, 2.24) is 19.6 Å². The number of hydrogen-bond donors (Lipinski definition) is 1. The number of aryl methyl sites for hydroxylation is 2. The zero-order chi connectivity index (χ0) is 18.0. The minimum Gasteiger partial charge on any atom is -0.497 e. The SMILES string of the molecule is COc1cc(NC(=O)Cc2nc3nc(C)cc(C)n3n2)cc(OC)c1. The number of ether oxygens (including phenoxy) is 2. The van der Waals surface area contributed by atoms with Crippen LogP contribution >= 0.6 is 0 Å². The number of anilines is 1. The van der Waals surface area contributed by atoms with Gasteiger partial charge in [-0.3, -0.25) is 4.79 Å². The molecule has 8 nitrogen and oxygen atoms in total. The lowest BCUT2D eigenvalue weighted by atomic mass is 10.2. The first kappa shape index (κ1) is 16.7. The van der Waals surface area contributed by atoms with Gasteiger partial charge in [-0.15, -0.1) is 5.10 Å². The van der Waals surface area contributed by atoms with Crippen molar-refractivity contribution in [3.8, 4) is 11.5 Å². The molecule has 3 rings (SSSR count). The van der Waals surface area contributed by atoms with Crippen LogP contribution in [0, 0.1) is 13.8 Å². The van der Waals surface area contributed by atoms with Crippen LogP contribution in [0.25, 0.3) is 5.78 Å². The van der Waals surface area contributed by atoms with Gasteiger partial charge in [-0.1, -0.05) is 0 Å². The highest BCUT2D eigenvalue weighted by Gasteiger charge is 2.13. The third-order valence-corrected chi connectivity index (χ3v) is 3.62. The van der Waals surface area contributed by atoms with Crippen LogP contribution in [-0.2, 0) is 11.2 Å². The van der Waals surface area contributed by atoms with Crippen LogP contribution in [-0.4, -0.2) is 39.7 Å². The monoisotopic (exact) mass is 341 g/mol. The molecule has 0 saturated carbocycles. The molecule has 0 unspecified atom stereocenters. The number of benzene rings is 1. The highest BCUT2D eigenvalue weighted by Crippen LogP contribution is 2.25. The van der Waals surface area contributed by atoms with Crippen molar-refractivity contribution in [1.29, 1.82) is 0 Å². The molecule has 0 aliphatic heterocycles. The second-order valence-corrected chi connectivity index (χ2v) is 5.61. The van der Waals surface area contributed by atoms with E-state index in [9.17, 15) is 4.79 Å². The number of fused-ring (bicyclic) bond motifs is 1. The predicted molar refractivity (Wildman–Crippen MR) is 92.1 cm³/mol. The summed E-state index contributed by atoms with van der Waals surface area (Å²) in [6.45, 7) is 3.81. The molecule has 2 heterocycles. The summed E-state index contributed by atoms with van der Waals surface area (Å²) in [5.74, 6) is 1.85. The smallest absolute Gasteiger partial charge is 0.252 e. The Labute approximate surface area is 144 Å². The van der Waals surface area contributed by atoms with E-state index in [0.717, 1.165) is 11.4 Å². The average molecular weight is 341 g/mol. The Balaban J connectivity index is 1.78. The maximum atomic E-state index is 12.3. The van der Waals surface area contributed by atoms with Gasteiger partial charge in [0, 0.05) is 35.3 Å². The van der Waals surface area contributed by atoms with Crippen LogP contribution in [0.3, 0.4) is 0 Å². The average Bonchev–Trinajstić information content (AvgIpc) is 2.96. The number of amides is 1. The normalized spacial score (nSPS) is 10.7. The lowest BCUT2D eigenvalue weighted by Crippen LogP contribution is -2.15. The maximum Gasteiger partial charge on any atom is 0.252 e. The molecular formula is C17H19N5O3. The van der Waals surface area contributed by atoms with Crippen LogP contribution < -0.4 is 14.8 Å². The summed E-state index contributed by atoms with van der Waals surface area (Å²) in [4.78, 5) is 20.9. The molecule has 0 bridgehead atoms. The van der Waals surface area contributed by atoms with E-state index in [1.54, 1.807) is 36.9 Å². The van der Waals surface area contributed by atoms with Crippen molar-refractivity contribution in [2.45, 2.75) is 20.3 Å². The van der Waals surface area contributed by atoms with E-state index in [-0.39, 0.29) is 12.3 Å². The molecule has 1 N–H and O–H groups in total. The number of methoxy groups -OCH3 is 2. The Kier molecular flexibility index (Phi) is 4.51. The maximum absolute atomic E-state index is 12.3. The highest BCUT2D eigenvalue weighted by atomic mass is 16.5. The van der Waals surface area contributed by atoms with Gasteiger partial charge in [-0.2, -0.15) is 4.98 Å². The lowest BCUT2D eigenvalue weighted by molar-refractivity contribution is -0.115. The summed E-state index contributed by atoms with van der Waals surface area (Å²) in [5, 5.41) is 7.14. The van der Waals surface area contributed by atoms with Crippen LogP contribution in [0.5, 0.6) is 11.5 Å². The lowest BCUT2D eigenvalue weighted by Gasteiger charge is -2.09. The molecule has 0 saturated heterocycles. The second-order valence-electron chi connectivity index (χ2n) is 5.61. The predicted octanol–water partition coefficient (Wildman–Crippen LogP) is 1.94. The summed E-state index contributed by atoms with van der Waals surface area (Å²) in [6, 6.07) is 7.07. The number of nitrogens with zero attached hydrogens (tertiary/aromatic N) is 4. The first-order valence-corrected chi connectivity index (χ1v) is 7.71. The van der Waals surface area contributed by atoms with E-state index < -0.39 is 0 Å². The Morgan fingerprint density at radius 3 is 2.40 bits per heavy atom. The van der Waals surface area contributed by atoms with Gasteiger partial charge < -0.3 is 14.8 Å².